The molecule has 0 amide bonds. The minimum absolute atomic E-state index is 0.129. The second-order valence-corrected chi connectivity index (χ2v) is 4.92. The lowest BCUT2D eigenvalue weighted by Gasteiger charge is -2.30. The lowest BCUT2D eigenvalue weighted by molar-refractivity contribution is -0.154. The van der Waals surface area contributed by atoms with Crippen LogP contribution in [0.4, 0.5) is 0 Å². The molecule has 0 aromatic heterocycles. The van der Waals surface area contributed by atoms with E-state index in [1.165, 1.54) is 13.5 Å². The number of hydrogen-bond donors (Lipinski definition) is 0. The quantitative estimate of drug-likeness (QED) is 0.540. The van der Waals surface area contributed by atoms with Gasteiger partial charge in [-0.1, -0.05) is 19.3 Å². The van der Waals surface area contributed by atoms with E-state index >= 15 is 0 Å². The summed E-state index contributed by atoms with van der Waals surface area (Å²) >= 11 is 0. The van der Waals surface area contributed by atoms with Gasteiger partial charge in [0.05, 0.1) is 7.11 Å². The number of ketones is 1. The van der Waals surface area contributed by atoms with Gasteiger partial charge in [0.15, 0.2) is 5.78 Å². The van der Waals surface area contributed by atoms with E-state index in [4.69, 9.17) is 4.74 Å². The summed E-state index contributed by atoms with van der Waals surface area (Å²) in [4.78, 5) is 23.8. The van der Waals surface area contributed by atoms with Gasteiger partial charge in [-0.25, -0.2) is 0 Å². The molecular weight excluding hydrogens is 232 g/mol. The molecule has 0 aliphatic heterocycles. The van der Waals surface area contributed by atoms with Crippen molar-refractivity contribution in [1.82, 2.24) is 0 Å². The minimum Gasteiger partial charge on any atom is -0.468 e. The SMILES string of the molecule is CCOC(C(=O)C(C)C(=O)OC)C1CCCCC1. The Bertz CT molecular complexity index is 282. The first-order valence-corrected chi connectivity index (χ1v) is 6.85. The van der Waals surface area contributed by atoms with Crippen LogP contribution in [-0.4, -0.2) is 31.6 Å². The van der Waals surface area contributed by atoms with Crippen LogP contribution in [0.3, 0.4) is 0 Å². The number of ether oxygens (including phenoxy) is 2. The molecule has 0 aromatic rings. The van der Waals surface area contributed by atoms with Gasteiger partial charge in [0.2, 0.25) is 0 Å². The van der Waals surface area contributed by atoms with Crippen LogP contribution in [0.5, 0.6) is 0 Å². The van der Waals surface area contributed by atoms with Gasteiger partial charge in [-0.15, -0.1) is 0 Å². The molecule has 0 spiro atoms. The van der Waals surface area contributed by atoms with Gasteiger partial charge in [-0.2, -0.15) is 0 Å². The lowest BCUT2D eigenvalue weighted by Crippen LogP contribution is -2.40. The average molecular weight is 256 g/mol. The number of carbonyl (C=O) groups is 2. The normalized spacial score (nSPS) is 20.2. The molecule has 2 unspecified atom stereocenters. The van der Waals surface area contributed by atoms with Crippen molar-refractivity contribution in [1.29, 1.82) is 0 Å². The summed E-state index contributed by atoms with van der Waals surface area (Å²) < 4.78 is 10.2. The highest BCUT2D eigenvalue weighted by Crippen LogP contribution is 2.29. The maximum absolute atomic E-state index is 12.3. The van der Waals surface area contributed by atoms with Crippen LogP contribution in [0.1, 0.15) is 46.0 Å². The van der Waals surface area contributed by atoms with E-state index in [1.54, 1.807) is 6.92 Å². The van der Waals surface area contributed by atoms with Crippen LogP contribution in [0, 0.1) is 11.8 Å². The molecule has 0 N–H and O–H groups in total. The van der Waals surface area contributed by atoms with Crippen molar-refractivity contribution >= 4 is 11.8 Å². The topological polar surface area (TPSA) is 52.6 Å². The molecule has 2 atom stereocenters. The first-order chi connectivity index (χ1) is 8.61. The van der Waals surface area contributed by atoms with E-state index in [9.17, 15) is 9.59 Å². The Morgan fingerprint density at radius 2 is 1.83 bits per heavy atom. The molecule has 1 rings (SSSR count). The Morgan fingerprint density at radius 3 is 2.33 bits per heavy atom. The Balaban J connectivity index is 2.70. The van der Waals surface area contributed by atoms with Crippen molar-refractivity contribution in [2.45, 2.75) is 52.1 Å². The molecule has 0 radical (unpaired) electrons. The van der Waals surface area contributed by atoms with E-state index < -0.39 is 18.0 Å². The van der Waals surface area contributed by atoms with Crippen LogP contribution in [-0.2, 0) is 19.1 Å². The summed E-state index contributed by atoms with van der Waals surface area (Å²) in [5.41, 5.74) is 0. The summed E-state index contributed by atoms with van der Waals surface area (Å²) in [5.74, 6) is -1.07. The molecule has 0 heterocycles. The van der Waals surface area contributed by atoms with Gasteiger partial charge in [0, 0.05) is 6.61 Å². The van der Waals surface area contributed by atoms with Gasteiger partial charge in [0.25, 0.3) is 0 Å². The molecular formula is C14H24O4. The van der Waals surface area contributed by atoms with Gasteiger partial charge < -0.3 is 9.47 Å². The molecule has 18 heavy (non-hydrogen) atoms. The van der Waals surface area contributed by atoms with E-state index in [0.29, 0.717) is 6.61 Å². The fourth-order valence-corrected chi connectivity index (χ4v) is 2.61. The molecule has 4 nitrogen and oxygen atoms in total. The highest BCUT2D eigenvalue weighted by atomic mass is 16.5. The predicted molar refractivity (Wildman–Crippen MR) is 68.2 cm³/mol. The first-order valence-electron chi connectivity index (χ1n) is 6.85. The Kier molecular flexibility index (Phi) is 6.33. The van der Waals surface area contributed by atoms with Gasteiger partial charge >= 0.3 is 5.97 Å². The van der Waals surface area contributed by atoms with Crippen LogP contribution >= 0.6 is 0 Å². The summed E-state index contributed by atoms with van der Waals surface area (Å²) in [6.45, 7) is 3.98. The van der Waals surface area contributed by atoms with Crippen LogP contribution in [0.25, 0.3) is 0 Å². The molecule has 0 aromatic carbocycles. The van der Waals surface area contributed by atoms with Crippen molar-refractivity contribution < 1.29 is 19.1 Å². The molecule has 0 saturated heterocycles. The number of carbonyl (C=O) groups excluding carboxylic acids is 2. The van der Waals surface area contributed by atoms with E-state index in [1.807, 2.05) is 6.92 Å². The maximum atomic E-state index is 12.3. The number of Topliss-reactive ketones (excluding diaryl/α,β-unsaturated/α-hetero) is 1. The molecule has 1 saturated carbocycles. The van der Waals surface area contributed by atoms with Crippen molar-refractivity contribution in [3.8, 4) is 0 Å². The highest BCUT2D eigenvalue weighted by molar-refractivity contribution is 6.01. The zero-order valence-corrected chi connectivity index (χ0v) is 11.6. The third-order valence-corrected chi connectivity index (χ3v) is 3.69. The van der Waals surface area contributed by atoms with Crippen molar-refractivity contribution in [3.05, 3.63) is 0 Å². The fourth-order valence-electron chi connectivity index (χ4n) is 2.61. The monoisotopic (exact) mass is 256 g/mol. The Labute approximate surface area is 109 Å². The van der Waals surface area contributed by atoms with Gasteiger partial charge in [-0.3, -0.25) is 9.59 Å². The standard InChI is InChI=1S/C14H24O4/c1-4-18-13(11-8-6-5-7-9-11)12(15)10(2)14(16)17-3/h10-11,13H,4-9H2,1-3H3. The molecule has 0 bridgehead atoms. The summed E-state index contributed by atoms with van der Waals surface area (Å²) in [7, 11) is 1.31. The third kappa shape index (κ3) is 3.80. The van der Waals surface area contributed by atoms with E-state index in [2.05, 4.69) is 4.74 Å². The van der Waals surface area contributed by atoms with Crippen LogP contribution in [0.15, 0.2) is 0 Å². The summed E-state index contributed by atoms with van der Waals surface area (Å²) in [6, 6.07) is 0. The zero-order chi connectivity index (χ0) is 13.5. The number of rotatable bonds is 6. The number of methoxy groups -OCH3 is 1. The Morgan fingerprint density at radius 1 is 1.22 bits per heavy atom. The summed E-state index contributed by atoms with van der Waals surface area (Å²) in [6.07, 6.45) is 5.12. The maximum Gasteiger partial charge on any atom is 0.316 e. The van der Waals surface area contributed by atoms with E-state index in [0.717, 1.165) is 25.7 Å². The van der Waals surface area contributed by atoms with Crippen molar-refractivity contribution in [2.24, 2.45) is 11.8 Å². The minimum atomic E-state index is -0.728. The highest BCUT2D eigenvalue weighted by Gasteiger charge is 2.35. The molecule has 104 valence electrons. The second kappa shape index (κ2) is 7.52. The predicted octanol–water partition coefficient (Wildman–Crippen LogP) is 2.35. The third-order valence-electron chi connectivity index (χ3n) is 3.69. The van der Waals surface area contributed by atoms with Crippen molar-refractivity contribution in [2.75, 3.05) is 13.7 Å². The molecule has 1 aliphatic carbocycles. The van der Waals surface area contributed by atoms with Crippen LogP contribution < -0.4 is 0 Å². The average Bonchev–Trinajstić information content (AvgIpc) is 2.43. The molecule has 4 heteroatoms. The van der Waals surface area contributed by atoms with Crippen LogP contribution in [0.2, 0.25) is 0 Å². The lowest BCUT2D eigenvalue weighted by atomic mass is 9.81. The second-order valence-electron chi connectivity index (χ2n) is 4.92. The van der Waals surface area contributed by atoms with Gasteiger partial charge in [-0.05, 0) is 32.6 Å². The fraction of sp³-hybridized carbons (Fsp3) is 0.857. The summed E-state index contributed by atoms with van der Waals surface area (Å²) in [5, 5.41) is 0. The zero-order valence-electron chi connectivity index (χ0n) is 11.6. The largest absolute Gasteiger partial charge is 0.468 e. The molecule has 1 aliphatic rings. The smallest absolute Gasteiger partial charge is 0.316 e. The van der Waals surface area contributed by atoms with E-state index in [-0.39, 0.29) is 11.7 Å². The number of esters is 1. The van der Waals surface area contributed by atoms with Gasteiger partial charge in [0.1, 0.15) is 12.0 Å². The molecule has 1 fully saturated rings. The first kappa shape index (κ1) is 15.2. The Hall–Kier alpha value is -0.900. The number of hydrogen-bond acceptors (Lipinski definition) is 4. The van der Waals surface area contributed by atoms with Crippen molar-refractivity contribution in [3.63, 3.8) is 0 Å².